The summed E-state index contributed by atoms with van der Waals surface area (Å²) in [4.78, 5) is 0. The van der Waals surface area contributed by atoms with Crippen LogP contribution in [0.2, 0.25) is 0 Å². The number of hydrogen-bond donors (Lipinski definition) is 2. The van der Waals surface area contributed by atoms with Crippen molar-refractivity contribution in [3.63, 3.8) is 0 Å². The molecule has 0 bridgehead atoms. The van der Waals surface area contributed by atoms with E-state index in [-0.39, 0.29) is 17.6 Å². The van der Waals surface area contributed by atoms with Crippen molar-refractivity contribution >= 4 is 0 Å². The van der Waals surface area contributed by atoms with Crippen LogP contribution in [0.25, 0.3) is 0 Å². The summed E-state index contributed by atoms with van der Waals surface area (Å²) < 4.78 is 0. The summed E-state index contributed by atoms with van der Waals surface area (Å²) in [6.07, 6.45) is 33.9. The topological polar surface area (TPSA) is 40.5 Å². The average Bonchev–Trinajstić information content (AvgIpc) is 2.84. The fourth-order valence-corrected chi connectivity index (χ4v) is 5.79. The van der Waals surface area contributed by atoms with E-state index in [1.165, 1.54) is 39.0 Å². The molecule has 2 N–H and O–H groups in total. The van der Waals surface area contributed by atoms with Crippen molar-refractivity contribution in [2.45, 2.75) is 93.8 Å². The van der Waals surface area contributed by atoms with Gasteiger partial charge < -0.3 is 10.2 Å². The quantitative estimate of drug-likeness (QED) is 0.208. The molecule has 0 unspecified atom stereocenters. The molecule has 0 aliphatic heterocycles. The molecule has 0 spiro atoms. The van der Waals surface area contributed by atoms with Crippen molar-refractivity contribution in [1.82, 2.24) is 0 Å². The first kappa shape index (κ1) is 34.3. The summed E-state index contributed by atoms with van der Waals surface area (Å²) in [5.74, 6) is 0.756. The van der Waals surface area contributed by atoms with Crippen LogP contribution >= 0.6 is 0 Å². The fraction of sp³-hybridized carbons (Fsp3) is 0.436. The third kappa shape index (κ3) is 12.2. The summed E-state index contributed by atoms with van der Waals surface area (Å²) >= 11 is 0. The third-order valence-corrected chi connectivity index (χ3v) is 8.06. The van der Waals surface area contributed by atoms with Crippen LogP contribution in [0.1, 0.15) is 81.6 Å². The zero-order valence-corrected chi connectivity index (χ0v) is 27.0. The van der Waals surface area contributed by atoms with E-state index in [9.17, 15) is 10.2 Å². The van der Waals surface area contributed by atoms with Crippen LogP contribution in [-0.4, -0.2) is 22.4 Å². The first-order chi connectivity index (χ1) is 19.3. The Balaban J connectivity index is 1.87. The summed E-state index contributed by atoms with van der Waals surface area (Å²) in [6, 6.07) is 0. The molecule has 0 radical (unpaired) electrons. The minimum Gasteiger partial charge on any atom is -0.393 e. The van der Waals surface area contributed by atoms with Gasteiger partial charge in [0.25, 0.3) is 0 Å². The lowest BCUT2D eigenvalue weighted by Crippen LogP contribution is -2.32. The van der Waals surface area contributed by atoms with Crippen molar-refractivity contribution in [1.29, 1.82) is 0 Å². The molecule has 4 atom stereocenters. The highest BCUT2D eigenvalue weighted by atomic mass is 16.3. The molecule has 0 amide bonds. The first-order valence-corrected chi connectivity index (χ1v) is 15.1. The number of aliphatic hydroxyl groups excluding tert-OH is 2. The zero-order valence-electron chi connectivity index (χ0n) is 27.0. The Morgan fingerprint density at radius 1 is 0.780 bits per heavy atom. The Bertz CT molecular complexity index is 1230. The van der Waals surface area contributed by atoms with Gasteiger partial charge in [0.2, 0.25) is 0 Å². The molecule has 0 heterocycles. The molecule has 222 valence electrons. The third-order valence-electron chi connectivity index (χ3n) is 8.06. The Morgan fingerprint density at radius 2 is 1.29 bits per heavy atom. The lowest BCUT2D eigenvalue weighted by Gasteiger charge is -2.38. The average molecular weight is 555 g/mol. The van der Waals surface area contributed by atoms with Gasteiger partial charge >= 0.3 is 0 Å². The van der Waals surface area contributed by atoms with Gasteiger partial charge in [0.1, 0.15) is 0 Å². The number of rotatable bonds is 10. The molecule has 0 aromatic carbocycles. The van der Waals surface area contributed by atoms with E-state index < -0.39 is 0 Å². The van der Waals surface area contributed by atoms with Gasteiger partial charge in [-0.3, -0.25) is 0 Å². The molecule has 0 fully saturated rings. The predicted molar refractivity (Wildman–Crippen MR) is 179 cm³/mol. The summed E-state index contributed by atoms with van der Waals surface area (Å²) in [6.45, 7) is 19.4. The number of allylic oxidation sites excluding steroid dienone is 20. The van der Waals surface area contributed by atoms with E-state index in [0.29, 0.717) is 11.8 Å². The highest BCUT2D eigenvalue weighted by molar-refractivity contribution is 5.36. The SMILES string of the molecule is CC1=C[C@@H](O)CC(C)(C)[C@H]1/C=C/C(C)=C/C=C/C(C)=C/C=C/C=C(C)/C=C/C=C(C)/C=C/C1=C(C)C[C@@H](O)C[C@H]1C. The molecular weight excluding hydrogens is 500 g/mol. The van der Waals surface area contributed by atoms with Crippen LogP contribution in [0.5, 0.6) is 0 Å². The van der Waals surface area contributed by atoms with Crippen molar-refractivity contribution in [2.24, 2.45) is 17.3 Å². The van der Waals surface area contributed by atoms with Crippen LogP contribution in [0.3, 0.4) is 0 Å². The van der Waals surface area contributed by atoms with E-state index >= 15 is 0 Å². The maximum atomic E-state index is 10.1. The Hall–Kier alpha value is -2.94. The van der Waals surface area contributed by atoms with Crippen LogP contribution in [-0.2, 0) is 0 Å². The normalized spacial score (nSPS) is 27.4. The van der Waals surface area contributed by atoms with E-state index in [0.717, 1.165) is 19.3 Å². The Kier molecular flexibility index (Phi) is 13.8. The second-order valence-electron chi connectivity index (χ2n) is 12.8. The second kappa shape index (κ2) is 16.5. The van der Waals surface area contributed by atoms with Crippen LogP contribution < -0.4 is 0 Å². The van der Waals surface area contributed by atoms with Crippen molar-refractivity contribution in [3.8, 4) is 0 Å². The van der Waals surface area contributed by atoms with Crippen LogP contribution in [0.15, 0.2) is 130 Å². The van der Waals surface area contributed by atoms with Crippen molar-refractivity contribution in [2.75, 3.05) is 0 Å². The van der Waals surface area contributed by atoms with Gasteiger partial charge in [-0.05, 0) is 77.7 Å². The van der Waals surface area contributed by atoms with Gasteiger partial charge in [-0.1, -0.05) is 145 Å². The molecule has 41 heavy (non-hydrogen) atoms. The van der Waals surface area contributed by atoms with E-state index in [4.69, 9.17) is 0 Å². The lowest BCUT2D eigenvalue weighted by atomic mass is 9.67. The van der Waals surface area contributed by atoms with Gasteiger partial charge in [-0.25, -0.2) is 0 Å². The molecular formula is C39H54O2. The second-order valence-corrected chi connectivity index (χ2v) is 12.8. The maximum Gasteiger partial charge on any atom is 0.0729 e. The molecule has 0 saturated heterocycles. The van der Waals surface area contributed by atoms with E-state index in [1.807, 2.05) is 6.08 Å². The van der Waals surface area contributed by atoms with Crippen molar-refractivity contribution in [3.05, 3.63) is 130 Å². The minimum atomic E-state index is -0.330. The maximum absolute atomic E-state index is 10.1. The lowest BCUT2D eigenvalue weighted by molar-refractivity contribution is 0.117. The smallest absolute Gasteiger partial charge is 0.0729 e. The number of hydrogen-bond acceptors (Lipinski definition) is 2. The molecule has 0 aromatic rings. The number of aliphatic hydroxyl groups is 2. The highest BCUT2D eigenvalue weighted by Gasteiger charge is 2.34. The predicted octanol–water partition coefficient (Wildman–Crippen LogP) is 10.0. The Labute approximate surface area is 251 Å². The monoisotopic (exact) mass is 554 g/mol. The summed E-state index contributed by atoms with van der Waals surface area (Å²) in [7, 11) is 0. The molecule has 2 aliphatic rings. The van der Waals surface area contributed by atoms with Gasteiger partial charge in [-0.2, -0.15) is 0 Å². The molecule has 2 heteroatoms. The zero-order chi connectivity index (χ0) is 30.6. The standard InChI is InChI=1S/C39H54O2/c1-28(16-12-18-30(3)20-22-37-32(5)24-35(40)25-33(37)6)14-10-11-15-29(2)17-13-19-31(4)21-23-38-34(7)26-36(41)27-39(38,8)9/h10-23,26,32,35-36,38,40-41H,24-25,27H2,1-9H3/b11-10+,16-12+,17-13+,22-20+,23-21+,28-14+,29-15+,30-18+,31-19+/t32-,35+,36-,38+/m1/s1. The molecule has 2 nitrogen and oxygen atoms in total. The molecule has 0 aromatic heterocycles. The van der Waals surface area contributed by atoms with Gasteiger partial charge in [0.15, 0.2) is 0 Å². The van der Waals surface area contributed by atoms with Gasteiger partial charge in [0.05, 0.1) is 12.2 Å². The molecule has 2 aliphatic carbocycles. The van der Waals surface area contributed by atoms with Gasteiger partial charge in [-0.15, -0.1) is 0 Å². The van der Waals surface area contributed by atoms with Crippen LogP contribution in [0.4, 0.5) is 0 Å². The first-order valence-electron chi connectivity index (χ1n) is 15.1. The van der Waals surface area contributed by atoms with Gasteiger partial charge in [0, 0.05) is 5.92 Å². The summed E-state index contributed by atoms with van der Waals surface area (Å²) in [5.41, 5.74) is 8.77. The van der Waals surface area contributed by atoms with Crippen molar-refractivity contribution < 1.29 is 10.2 Å². The molecule has 2 rings (SSSR count). The highest BCUT2D eigenvalue weighted by Crippen LogP contribution is 2.41. The largest absolute Gasteiger partial charge is 0.393 e. The summed E-state index contributed by atoms with van der Waals surface area (Å²) in [5, 5.41) is 20.0. The fourth-order valence-electron chi connectivity index (χ4n) is 5.79. The van der Waals surface area contributed by atoms with E-state index in [1.54, 1.807) is 0 Å². The minimum absolute atomic E-state index is 0.0588. The Morgan fingerprint density at radius 3 is 1.83 bits per heavy atom. The van der Waals surface area contributed by atoms with E-state index in [2.05, 4.69) is 147 Å². The van der Waals surface area contributed by atoms with Crippen LogP contribution in [0, 0.1) is 17.3 Å². The molecule has 0 saturated carbocycles.